The molecule has 2 rings (SSSR count). The third-order valence-electron chi connectivity index (χ3n) is 2.68. The maximum absolute atomic E-state index is 12.1. The maximum atomic E-state index is 12.1. The lowest BCUT2D eigenvalue weighted by Gasteiger charge is -2.02. The fourth-order valence-electron chi connectivity index (χ4n) is 1.70. The SMILES string of the molecule is CC(C)Cc1nnc(NC(=O)c2ccc(Cl)c([N+](=O)[O-])c2)s1. The Morgan fingerprint density at radius 3 is 2.82 bits per heavy atom. The number of halogens is 1. The molecule has 1 aromatic carbocycles. The van der Waals surface area contributed by atoms with Gasteiger partial charge in [0.25, 0.3) is 11.6 Å². The second kappa shape index (κ2) is 6.80. The van der Waals surface area contributed by atoms with E-state index in [9.17, 15) is 14.9 Å². The molecule has 1 N–H and O–H groups in total. The van der Waals surface area contributed by atoms with E-state index in [1.165, 1.54) is 23.5 Å². The first-order chi connectivity index (χ1) is 10.4. The maximum Gasteiger partial charge on any atom is 0.288 e. The summed E-state index contributed by atoms with van der Waals surface area (Å²) in [6.07, 6.45) is 0.778. The number of hydrogen-bond acceptors (Lipinski definition) is 6. The number of rotatable bonds is 5. The zero-order chi connectivity index (χ0) is 16.3. The predicted octanol–water partition coefficient (Wildman–Crippen LogP) is 3.55. The monoisotopic (exact) mass is 340 g/mol. The van der Waals surface area contributed by atoms with Crippen molar-refractivity contribution in [2.75, 3.05) is 5.32 Å². The van der Waals surface area contributed by atoms with E-state index in [4.69, 9.17) is 11.6 Å². The van der Waals surface area contributed by atoms with Crippen LogP contribution >= 0.6 is 22.9 Å². The fraction of sp³-hybridized carbons (Fsp3) is 0.308. The molecule has 0 aliphatic heterocycles. The molecule has 1 heterocycles. The molecular weight excluding hydrogens is 328 g/mol. The Morgan fingerprint density at radius 1 is 1.45 bits per heavy atom. The number of nitro benzene ring substituents is 1. The topological polar surface area (TPSA) is 98.0 Å². The van der Waals surface area contributed by atoms with Crippen molar-refractivity contribution < 1.29 is 9.72 Å². The molecule has 7 nitrogen and oxygen atoms in total. The van der Waals surface area contributed by atoms with Gasteiger partial charge in [0.1, 0.15) is 10.0 Å². The van der Waals surface area contributed by atoms with Gasteiger partial charge in [-0.3, -0.25) is 20.2 Å². The van der Waals surface area contributed by atoms with Crippen molar-refractivity contribution in [3.63, 3.8) is 0 Å². The van der Waals surface area contributed by atoms with Crippen LogP contribution in [0, 0.1) is 16.0 Å². The van der Waals surface area contributed by atoms with E-state index >= 15 is 0 Å². The van der Waals surface area contributed by atoms with Gasteiger partial charge in [-0.15, -0.1) is 10.2 Å². The van der Waals surface area contributed by atoms with Gasteiger partial charge < -0.3 is 0 Å². The van der Waals surface area contributed by atoms with Crippen LogP contribution in [0.1, 0.15) is 29.2 Å². The Balaban J connectivity index is 2.14. The van der Waals surface area contributed by atoms with Gasteiger partial charge >= 0.3 is 0 Å². The summed E-state index contributed by atoms with van der Waals surface area (Å²) in [5.41, 5.74) is -0.177. The van der Waals surface area contributed by atoms with E-state index < -0.39 is 10.8 Å². The molecule has 22 heavy (non-hydrogen) atoms. The largest absolute Gasteiger partial charge is 0.296 e. The van der Waals surface area contributed by atoms with Gasteiger partial charge in [-0.05, 0) is 18.1 Å². The van der Waals surface area contributed by atoms with Gasteiger partial charge in [0.05, 0.1) is 4.92 Å². The van der Waals surface area contributed by atoms with Crippen LogP contribution in [0.3, 0.4) is 0 Å². The number of aromatic nitrogens is 2. The molecule has 116 valence electrons. The number of amides is 1. The Hall–Kier alpha value is -2.06. The zero-order valence-corrected chi connectivity index (χ0v) is 13.4. The molecule has 1 amide bonds. The van der Waals surface area contributed by atoms with E-state index in [1.54, 1.807) is 0 Å². The van der Waals surface area contributed by atoms with E-state index in [0.29, 0.717) is 11.0 Å². The van der Waals surface area contributed by atoms with Crippen molar-refractivity contribution in [1.82, 2.24) is 10.2 Å². The summed E-state index contributed by atoms with van der Waals surface area (Å²) in [5.74, 6) is -0.0533. The number of carbonyl (C=O) groups is 1. The predicted molar refractivity (Wildman–Crippen MR) is 84.5 cm³/mol. The number of carbonyl (C=O) groups excluding carboxylic acids is 1. The van der Waals surface area contributed by atoms with Gasteiger partial charge in [-0.25, -0.2) is 0 Å². The number of anilines is 1. The van der Waals surface area contributed by atoms with E-state index in [1.807, 2.05) is 0 Å². The Morgan fingerprint density at radius 2 is 2.18 bits per heavy atom. The summed E-state index contributed by atoms with van der Waals surface area (Å²) in [4.78, 5) is 22.3. The molecule has 9 heteroatoms. The fourth-order valence-corrected chi connectivity index (χ4v) is 2.83. The molecule has 2 aromatic rings. The highest BCUT2D eigenvalue weighted by Crippen LogP contribution is 2.26. The molecule has 0 aliphatic rings. The standard InChI is InChI=1S/C13H13ClN4O3S/c1-7(2)5-11-16-17-13(22-11)15-12(19)8-3-4-9(14)10(6-8)18(20)21/h3-4,6-7H,5H2,1-2H3,(H,15,17,19). The minimum absolute atomic E-state index is 0.0170. The highest BCUT2D eigenvalue weighted by molar-refractivity contribution is 7.15. The lowest BCUT2D eigenvalue weighted by molar-refractivity contribution is -0.384. The average molecular weight is 341 g/mol. The third-order valence-corrected chi connectivity index (χ3v) is 3.86. The number of benzene rings is 1. The van der Waals surface area contributed by atoms with Gasteiger partial charge in [0, 0.05) is 18.1 Å². The molecule has 0 spiro atoms. The van der Waals surface area contributed by atoms with Gasteiger partial charge in [0.2, 0.25) is 5.13 Å². The van der Waals surface area contributed by atoms with Crippen LogP contribution in [0.2, 0.25) is 5.02 Å². The van der Waals surface area contributed by atoms with Gasteiger partial charge in [-0.1, -0.05) is 36.8 Å². The summed E-state index contributed by atoms with van der Waals surface area (Å²) in [5, 5.41) is 22.5. The number of nitrogens with zero attached hydrogens (tertiary/aromatic N) is 3. The highest BCUT2D eigenvalue weighted by Gasteiger charge is 2.17. The van der Waals surface area contributed by atoms with Crippen molar-refractivity contribution in [1.29, 1.82) is 0 Å². The Kier molecular flexibility index (Phi) is 5.04. The third kappa shape index (κ3) is 3.99. The average Bonchev–Trinajstić information content (AvgIpc) is 2.85. The molecule has 0 bridgehead atoms. The molecule has 0 radical (unpaired) electrons. The first kappa shape index (κ1) is 16.3. The molecular formula is C13H13ClN4O3S. The number of nitro groups is 1. The van der Waals surface area contributed by atoms with Crippen LogP contribution in [0.25, 0.3) is 0 Å². The van der Waals surface area contributed by atoms with Crippen LogP contribution < -0.4 is 5.32 Å². The minimum Gasteiger partial charge on any atom is -0.296 e. The molecule has 0 saturated carbocycles. The first-order valence-corrected chi connectivity index (χ1v) is 7.64. The van der Waals surface area contributed by atoms with Crippen molar-refractivity contribution in [2.45, 2.75) is 20.3 Å². The van der Waals surface area contributed by atoms with Crippen molar-refractivity contribution in [3.05, 3.63) is 43.9 Å². The summed E-state index contributed by atoms with van der Waals surface area (Å²) >= 11 is 7.00. The van der Waals surface area contributed by atoms with Crippen molar-refractivity contribution in [2.24, 2.45) is 5.92 Å². The molecule has 0 unspecified atom stereocenters. The highest BCUT2D eigenvalue weighted by atomic mass is 35.5. The van der Waals surface area contributed by atoms with E-state index in [2.05, 4.69) is 29.4 Å². The molecule has 0 atom stereocenters. The molecule has 0 aliphatic carbocycles. The second-order valence-electron chi connectivity index (χ2n) is 4.98. The summed E-state index contributed by atoms with van der Waals surface area (Å²) in [6, 6.07) is 3.87. The lowest BCUT2D eigenvalue weighted by Crippen LogP contribution is -2.12. The van der Waals surface area contributed by atoms with E-state index in [-0.39, 0.29) is 16.3 Å². The zero-order valence-electron chi connectivity index (χ0n) is 11.9. The van der Waals surface area contributed by atoms with Crippen LogP contribution in [0.4, 0.5) is 10.8 Å². The van der Waals surface area contributed by atoms with Crippen molar-refractivity contribution >= 4 is 39.7 Å². The Bertz CT molecular complexity index is 717. The number of hydrogen-bond donors (Lipinski definition) is 1. The lowest BCUT2D eigenvalue weighted by atomic mass is 10.1. The molecule has 1 aromatic heterocycles. The van der Waals surface area contributed by atoms with E-state index in [0.717, 1.165) is 17.5 Å². The van der Waals surface area contributed by atoms with Crippen LogP contribution in [0.15, 0.2) is 18.2 Å². The molecule has 0 saturated heterocycles. The normalized spacial score (nSPS) is 10.7. The van der Waals surface area contributed by atoms with Crippen LogP contribution in [0.5, 0.6) is 0 Å². The smallest absolute Gasteiger partial charge is 0.288 e. The first-order valence-electron chi connectivity index (χ1n) is 6.44. The minimum atomic E-state index is -0.634. The Labute approximate surface area is 135 Å². The van der Waals surface area contributed by atoms with Gasteiger partial charge in [-0.2, -0.15) is 0 Å². The molecule has 0 fully saturated rings. The van der Waals surface area contributed by atoms with Crippen LogP contribution in [-0.4, -0.2) is 21.0 Å². The summed E-state index contributed by atoms with van der Waals surface area (Å²) in [7, 11) is 0. The summed E-state index contributed by atoms with van der Waals surface area (Å²) in [6.45, 7) is 4.12. The van der Waals surface area contributed by atoms with Crippen LogP contribution in [-0.2, 0) is 6.42 Å². The van der Waals surface area contributed by atoms with Crippen molar-refractivity contribution in [3.8, 4) is 0 Å². The number of nitrogens with one attached hydrogen (secondary N) is 1. The second-order valence-corrected chi connectivity index (χ2v) is 6.45. The van der Waals surface area contributed by atoms with Gasteiger partial charge in [0.15, 0.2) is 0 Å². The quantitative estimate of drug-likeness (QED) is 0.663. The summed E-state index contributed by atoms with van der Waals surface area (Å²) < 4.78 is 0.